The summed E-state index contributed by atoms with van der Waals surface area (Å²) >= 11 is 1.48. The minimum absolute atomic E-state index is 0.211. The van der Waals surface area contributed by atoms with E-state index in [4.69, 9.17) is 0 Å². The van der Waals surface area contributed by atoms with Crippen LogP contribution >= 0.6 is 11.3 Å². The molecular weight excluding hydrogens is 210 g/mol. The lowest BCUT2D eigenvalue weighted by molar-refractivity contribution is 0.620. The van der Waals surface area contributed by atoms with Gasteiger partial charge in [-0.2, -0.15) is 12.8 Å². The summed E-state index contributed by atoms with van der Waals surface area (Å²) in [5.74, 6) is 0. The molecule has 0 radical (unpaired) electrons. The van der Waals surface area contributed by atoms with Gasteiger partial charge in [-0.3, -0.25) is 4.40 Å². The Bertz CT molecular complexity index is 515. The number of thiazole rings is 1. The second kappa shape index (κ2) is 3.27. The maximum Gasteiger partial charge on any atom is 0.311 e. The molecule has 13 heavy (non-hydrogen) atoms. The number of rotatable bonds is 2. The molecule has 0 bridgehead atoms. The van der Waals surface area contributed by atoms with Crippen molar-refractivity contribution in [3.8, 4) is 0 Å². The standard InChI is InChI=1S/C6H5N3O2S2/c10-13(11)8-1-5-3-9-4-7-2-6(9)12-5/h2-4H,1H2. The average Bonchev–Trinajstić information content (AvgIpc) is 2.58. The molecule has 2 aromatic heterocycles. The van der Waals surface area contributed by atoms with Crippen LogP contribution in [0.5, 0.6) is 0 Å². The zero-order valence-electron chi connectivity index (χ0n) is 6.41. The Balaban J connectivity index is 2.35. The smallest absolute Gasteiger partial charge is 0.297 e. The molecule has 2 heterocycles. The molecule has 0 aliphatic heterocycles. The van der Waals surface area contributed by atoms with Gasteiger partial charge in [0.2, 0.25) is 0 Å². The van der Waals surface area contributed by atoms with Crippen molar-refractivity contribution in [2.45, 2.75) is 6.54 Å². The van der Waals surface area contributed by atoms with Crippen LogP contribution in [-0.4, -0.2) is 17.8 Å². The van der Waals surface area contributed by atoms with Gasteiger partial charge in [-0.1, -0.05) is 0 Å². The number of hydrogen-bond acceptors (Lipinski definition) is 5. The molecule has 0 aliphatic rings. The highest BCUT2D eigenvalue weighted by Crippen LogP contribution is 2.17. The van der Waals surface area contributed by atoms with Crippen LogP contribution in [0.3, 0.4) is 0 Å². The molecule has 2 aromatic rings. The van der Waals surface area contributed by atoms with Crippen LogP contribution in [0.1, 0.15) is 4.88 Å². The Morgan fingerprint density at radius 3 is 3.15 bits per heavy atom. The predicted octanol–water partition coefficient (Wildman–Crippen LogP) is 0.959. The summed E-state index contributed by atoms with van der Waals surface area (Å²) in [6.45, 7) is 0.211. The summed E-state index contributed by atoms with van der Waals surface area (Å²) in [6.07, 6.45) is 5.22. The Morgan fingerprint density at radius 2 is 2.46 bits per heavy atom. The lowest BCUT2D eigenvalue weighted by Crippen LogP contribution is -1.75. The fraction of sp³-hybridized carbons (Fsp3) is 0.167. The zero-order valence-corrected chi connectivity index (χ0v) is 8.05. The van der Waals surface area contributed by atoms with Crippen LogP contribution in [0.4, 0.5) is 0 Å². The molecule has 0 N–H and O–H groups in total. The first-order valence-corrected chi connectivity index (χ1v) is 5.28. The Hall–Kier alpha value is -1.21. The first kappa shape index (κ1) is 8.39. The Labute approximate surface area is 79.4 Å². The molecule has 0 amide bonds. The Morgan fingerprint density at radius 1 is 1.62 bits per heavy atom. The molecular formula is C6H5N3O2S2. The van der Waals surface area contributed by atoms with Crippen LogP contribution < -0.4 is 0 Å². The van der Waals surface area contributed by atoms with E-state index in [0.29, 0.717) is 0 Å². The maximum atomic E-state index is 10.1. The lowest BCUT2D eigenvalue weighted by Gasteiger charge is -1.80. The van der Waals surface area contributed by atoms with E-state index in [1.165, 1.54) is 11.3 Å². The first-order chi connectivity index (χ1) is 6.25. The topological polar surface area (TPSA) is 63.8 Å². The molecule has 0 aromatic carbocycles. The molecule has 7 heteroatoms. The van der Waals surface area contributed by atoms with Crippen LogP contribution in [0.25, 0.3) is 4.83 Å². The third-order valence-corrected chi connectivity index (χ3v) is 2.84. The summed E-state index contributed by atoms with van der Waals surface area (Å²) < 4.78 is 25.5. The molecule has 68 valence electrons. The average molecular weight is 215 g/mol. The van der Waals surface area contributed by atoms with Gasteiger partial charge in [0.05, 0.1) is 19.1 Å². The highest BCUT2D eigenvalue weighted by atomic mass is 32.2. The van der Waals surface area contributed by atoms with Gasteiger partial charge in [-0.05, 0) is 0 Å². The Kier molecular flexibility index (Phi) is 2.11. The van der Waals surface area contributed by atoms with Gasteiger partial charge in [-0.15, -0.1) is 11.3 Å². The highest BCUT2D eigenvalue weighted by molar-refractivity contribution is 7.61. The fourth-order valence-electron chi connectivity index (χ4n) is 0.974. The van der Waals surface area contributed by atoms with Crippen LogP contribution in [-0.2, 0) is 17.0 Å². The van der Waals surface area contributed by atoms with Crippen molar-refractivity contribution >= 4 is 26.7 Å². The van der Waals surface area contributed by atoms with Gasteiger partial charge in [0.15, 0.2) is 0 Å². The summed E-state index contributed by atoms with van der Waals surface area (Å²) in [7, 11) is -2.32. The molecule has 0 aliphatic carbocycles. The largest absolute Gasteiger partial charge is 0.311 e. The lowest BCUT2D eigenvalue weighted by atomic mass is 10.6. The van der Waals surface area contributed by atoms with Gasteiger partial charge in [0.25, 0.3) is 0 Å². The summed E-state index contributed by atoms with van der Waals surface area (Å²) in [6, 6.07) is 0. The van der Waals surface area contributed by atoms with Crippen LogP contribution in [0.2, 0.25) is 0 Å². The minimum Gasteiger partial charge on any atom is -0.297 e. The second-order valence-electron chi connectivity index (χ2n) is 2.34. The first-order valence-electron chi connectivity index (χ1n) is 3.43. The van der Waals surface area contributed by atoms with Gasteiger partial charge >= 0.3 is 10.5 Å². The van der Waals surface area contributed by atoms with E-state index >= 15 is 0 Å². The van der Waals surface area contributed by atoms with Crippen LogP contribution in [0.15, 0.2) is 23.1 Å². The van der Waals surface area contributed by atoms with Crippen molar-refractivity contribution in [3.05, 3.63) is 23.6 Å². The van der Waals surface area contributed by atoms with Crippen molar-refractivity contribution in [2.75, 3.05) is 0 Å². The van der Waals surface area contributed by atoms with E-state index in [2.05, 4.69) is 9.35 Å². The van der Waals surface area contributed by atoms with Gasteiger partial charge in [0.1, 0.15) is 4.83 Å². The van der Waals surface area contributed by atoms with Gasteiger partial charge in [0, 0.05) is 11.1 Å². The molecule has 0 saturated carbocycles. The van der Waals surface area contributed by atoms with Gasteiger partial charge < -0.3 is 0 Å². The summed E-state index contributed by atoms with van der Waals surface area (Å²) in [5, 5.41) is 0. The summed E-state index contributed by atoms with van der Waals surface area (Å²) in [5.41, 5.74) is 0. The molecule has 0 saturated heterocycles. The summed E-state index contributed by atoms with van der Waals surface area (Å²) in [4.78, 5) is 5.81. The van der Waals surface area contributed by atoms with Crippen molar-refractivity contribution in [1.29, 1.82) is 0 Å². The molecule has 0 atom stereocenters. The van der Waals surface area contributed by atoms with Crippen molar-refractivity contribution in [1.82, 2.24) is 9.38 Å². The number of nitrogens with zero attached hydrogens (tertiary/aromatic N) is 3. The molecule has 5 nitrogen and oxygen atoms in total. The molecule has 0 fully saturated rings. The third-order valence-electron chi connectivity index (χ3n) is 1.48. The molecule has 2 rings (SSSR count). The normalized spacial score (nSPS) is 10.5. The molecule has 0 unspecified atom stereocenters. The highest BCUT2D eigenvalue weighted by Gasteiger charge is 1.99. The number of aromatic nitrogens is 2. The zero-order chi connectivity index (χ0) is 9.26. The molecule has 0 spiro atoms. The van der Waals surface area contributed by atoms with E-state index < -0.39 is 10.5 Å². The van der Waals surface area contributed by atoms with Crippen molar-refractivity contribution in [3.63, 3.8) is 0 Å². The predicted molar refractivity (Wildman–Crippen MR) is 48.1 cm³/mol. The number of imidazole rings is 1. The quantitative estimate of drug-likeness (QED) is 0.749. The van der Waals surface area contributed by atoms with E-state index in [1.807, 2.05) is 10.6 Å². The van der Waals surface area contributed by atoms with Crippen molar-refractivity contribution in [2.24, 2.45) is 4.36 Å². The van der Waals surface area contributed by atoms with Gasteiger partial charge in [-0.25, -0.2) is 4.98 Å². The fourth-order valence-corrected chi connectivity index (χ4v) is 2.18. The second-order valence-corrected chi connectivity index (χ2v) is 4.18. The number of fused-ring (bicyclic) bond motifs is 1. The monoisotopic (exact) mass is 215 g/mol. The van der Waals surface area contributed by atoms with E-state index in [0.717, 1.165) is 9.71 Å². The van der Waals surface area contributed by atoms with E-state index in [9.17, 15) is 8.42 Å². The van der Waals surface area contributed by atoms with E-state index in [1.54, 1.807) is 12.5 Å². The third kappa shape index (κ3) is 1.76. The number of hydrogen-bond donors (Lipinski definition) is 0. The SMILES string of the molecule is O=S(=O)=NCc1cn2cncc2s1. The van der Waals surface area contributed by atoms with E-state index in [-0.39, 0.29) is 6.54 Å². The van der Waals surface area contributed by atoms with Crippen LogP contribution in [0, 0.1) is 0 Å². The minimum atomic E-state index is -2.32. The maximum absolute atomic E-state index is 10.1. The van der Waals surface area contributed by atoms with Crippen molar-refractivity contribution < 1.29 is 8.42 Å².